The molecule has 0 saturated heterocycles. The lowest BCUT2D eigenvalue weighted by molar-refractivity contribution is 0.954. The van der Waals surface area contributed by atoms with Gasteiger partial charge in [-0.05, 0) is 60.0 Å². The predicted molar refractivity (Wildman–Crippen MR) is 113 cm³/mol. The Morgan fingerprint density at radius 1 is 0.857 bits per heavy atom. The van der Waals surface area contributed by atoms with Crippen molar-refractivity contribution in [2.45, 2.75) is 6.42 Å². The Hall–Kier alpha value is -3.32. The fraction of sp³-hybridized carbons (Fsp3) is 0.0476. The molecule has 0 amide bonds. The number of halogens is 1. The molecule has 0 aliphatic rings. The summed E-state index contributed by atoms with van der Waals surface area (Å²) in [5, 5.41) is 8.50. The zero-order valence-corrected chi connectivity index (χ0v) is 16.3. The number of nitrogens with zero attached hydrogens (tertiary/aromatic N) is 5. The van der Waals surface area contributed by atoms with Gasteiger partial charge in [0.25, 0.3) is 0 Å². The van der Waals surface area contributed by atoms with E-state index in [1.54, 1.807) is 17.2 Å². The molecule has 0 aliphatic carbocycles. The molecule has 6 nitrogen and oxygen atoms in total. The molecule has 136 valence electrons. The van der Waals surface area contributed by atoms with Gasteiger partial charge in [0.2, 0.25) is 0 Å². The Balaban J connectivity index is 1.37. The van der Waals surface area contributed by atoms with E-state index in [4.69, 9.17) is 0 Å². The summed E-state index contributed by atoms with van der Waals surface area (Å²) in [5.41, 5.74) is 5.17. The van der Waals surface area contributed by atoms with Gasteiger partial charge in [0.05, 0.1) is 5.52 Å². The van der Waals surface area contributed by atoms with Crippen LogP contribution in [0.3, 0.4) is 0 Å². The van der Waals surface area contributed by atoms with Crippen molar-refractivity contribution in [3.05, 3.63) is 89.0 Å². The lowest BCUT2D eigenvalue weighted by Gasteiger charge is -2.09. The highest BCUT2D eigenvalue weighted by atomic mass is 79.9. The first-order valence-corrected chi connectivity index (χ1v) is 9.58. The molecular weight excluding hydrogens is 416 g/mol. The van der Waals surface area contributed by atoms with Crippen molar-refractivity contribution in [1.29, 1.82) is 0 Å². The maximum absolute atomic E-state index is 4.40. The summed E-state index contributed by atoms with van der Waals surface area (Å²) >= 11 is 3.51. The third kappa shape index (κ3) is 3.32. The Morgan fingerprint density at radius 3 is 2.64 bits per heavy atom. The number of hydrogen-bond donors (Lipinski definition) is 1. The van der Waals surface area contributed by atoms with Gasteiger partial charge in [-0.2, -0.15) is 5.10 Å². The molecule has 5 rings (SSSR count). The molecule has 0 radical (unpaired) electrons. The molecule has 0 aliphatic heterocycles. The summed E-state index contributed by atoms with van der Waals surface area (Å²) in [7, 11) is 0. The smallest absolute Gasteiger partial charge is 0.155 e. The second-order valence-electron chi connectivity index (χ2n) is 6.48. The van der Waals surface area contributed by atoms with Crippen molar-refractivity contribution in [2.75, 3.05) is 5.32 Å². The summed E-state index contributed by atoms with van der Waals surface area (Å²) in [6.45, 7) is 0. The van der Waals surface area contributed by atoms with Crippen LogP contribution in [0.4, 0.5) is 11.5 Å². The minimum Gasteiger partial charge on any atom is -0.340 e. The molecule has 0 fully saturated rings. The van der Waals surface area contributed by atoms with Crippen molar-refractivity contribution in [1.82, 2.24) is 24.6 Å². The third-order valence-electron chi connectivity index (χ3n) is 4.57. The fourth-order valence-electron chi connectivity index (χ4n) is 3.17. The van der Waals surface area contributed by atoms with E-state index < -0.39 is 0 Å². The van der Waals surface area contributed by atoms with Gasteiger partial charge in [-0.15, -0.1) is 0 Å². The zero-order valence-electron chi connectivity index (χ0n) is 14.7. The quantitative estimate of drug-likeness (QED) is 0.444. The minimum atomic E-state index is 0.788. The number of benzene rings is 2. The highest BCUT2D eigenvalue weighted by molar-refractivity contribution is 9.10. The number of anilines is 2. The van der Waals surface area contributed by atoms with E-state index in [1.165, 1.54) is 11.1 Å². The van der Waals surface area contributed by atoms with Crippen molar-refractivity contribution >= 4 is 44.0 Å². The first-order valence-electron chi connectivity index (χ1n) is 8.79. The van der Waals surface area contributed by atoms with Crippen LogP contribution >= 0.6 is 15.9 Å². The summed E-state index contributed by atoms with van der Waals surface area (Å²) < 4.78 is 2.76. The Bertz CT molecular complexity index is 1280. The van der Waals surface area contributed by atoms with Crippen LogP contribution in [0, 0.1) is 0 Å². The van der Waals surface area contributed by atoms with E-state index in [9.17, 15) is 0 Å². The summed E-state index contributed by atoms with van der Waals surface area (Å²) in [4.78, 5) is 13.0. The van der Waals surface area contributed by atoms with Gasteiger partial charge in [0.1, 0.15) is 18.5 Å². The van der Waals surface area contributed by atoms with E-state index in [1.807, 2.05) is 24.4 Å². The number of fused-ring (bicyclic) bond motifs is 2. The lowest BCUT2D eigenvalue weighted by Crippen LogP contribution is -1.97. The normalized spacial score (nSPS) is 11.2. The zero-order chi connectivity index (χ0) is 18.9. The maximum atomic E-state index is 4.40. The SMILES string of the molecule is Brc1ccc2ncnc(Nc3ccc(Cc4ccn5ncnc5c4)cc3)c2c1. The second-order valence-corrected chi connectivity index (χ2v) is 7.40. The second kappa shape index (κ2) is 7.01. The van der Waals surface area contributed by atoms with Crippen LogP contribution in [0.15, 0.2) is 77.9 Å². The van der Waals surface area contributed by atoms with Crippen molar-refractivity contribution in [3.63, 3.8) is 0 Å². The van der Waals surface area contributed by atoms with E-state index >= 15 is 0 Å². The van der Waals surface area contributed by atoms with E-state index in [0.29, 0.717) is 0 Å². The van der Waals surface area contributed by atoms with Crippen LogP contribution in [0.1, 0.15) is 11.1 Å². The molecule has 0 saturated carbocycles. The lowest BCUT2D eigenvalue weighted by atomic mass is 10.1. The molecule has 0 atom stereocenters. The third-order valence-corrected chi connectivity index (χ3v) is 5.06. The monoisotopic (exact) mass is 430 g/mol. The van der Waals surface area contributed by atoms with Crippen molar-refractivity contribution in [3.8, 4) is 0 Å². The van der Waals surface area contributed by atoms with Crippen LogP contribution in [-0.4, -0.2) is 24.6 Å². The van der Waals surface area contributed by atoms with Crippen LogP contribution in [0.5, 0.6) is 0 Å². The Labute approximate surface area is 169 Å². The summed E-state index contributed by atoms with van der Waals surface area (Å²) in [6.07, 6.45) is 5.92. The van der Waals surface area contributed by atoms with Gasteiger partial charge in [0, 0.05) is 21.7 Å². The van der Waals surface area contributed by atoms with Gasteiger partial charge >= 0.3 is 0 Å². The molecule has 0 spiro atoms. The van der Waals surface area contributed by atoms with Gasteiger partial charge < -0.3 is 5.32 Å². The van der Waals surface area contributed by atoms with Crippen LogP contribution in [0.25, 0.3) is 16.6 Å². The molecule has 7 heteroatoms. The predicted octanol–water partition coefficient (Wildman–Crippen LogP) is 4.77. The van der Waals surface area contributed by atoms with E-state index in [2.05, 4.69) is 77.7 Å². The van der Waals surface area contributed by atoms with Gasteiger partial charge in [0.15, 0.2) is 5.65 Å². The molecule has 3 aromatic heterocycles. The van der Waals surface area contributed by atoms with Gasteiger partial charge in [-0.25, -0.2) is 19.5 Å². The minimum absolute atomic E-state index is 0.788. The molecular formula is C21H15BrN6. The van der Waals surface area contributed by atoms with Crippen LogP contribution in [-0.2, 0) is 6.42 Å². The summed E-state index contributed by atoms with van der Waals surface area (Å²) in [5.74, 6) is 0.788. The van der Waals surface area contributed by atoms with Crippen molar-refractivity contribution < 1.29 is 0 Å². The van der Waals surface area contributed by atoms with Crippen LogP contribution in [0.2, 0.25) is 0 Å². The molecule has 28 heavy (non-hydrogen) atoms. The standard InChI is InChI=1S/C21H15BrN6/c22-16-3-6-19-18(11-16)21(25-12-23-19)27-17-4-1-14(2-5-17)9-15-7-8-28-20(10-15)24-13-26-28/h1-8,10-13H,9H2,(H,23,25,27). The van der Waals surface area contributed by atoms with E-state index in [-0.39, 0.29) is 0 Å². The topological polar surface area (TPSA) is 68.0 Å². The maximum Gasteiger partial charge on any atom is 0.155 e. The van der Waals surface area contributed by atoms with E-state index in [0.717, 1.165) is 38.9 Å². The molecule has 0 bridgehead atoms. The first kappa shape index (κ1) is 16.8. The molecule has 3 heterocycles. The number of hydrogen-bond acceptors (Lipinski definition) is 5. The largest absolute Gasteiger partial charge is 0.340 e. The number of pyridine rings is 1. The Kier molecular flexibility index (Phi) is 4.21. The average molecular weight is 431 g/mol. The number of nitrogens with one attached hydrogen (secondary N) is 1. The molecule has 0 unspecified atom stereocenters. The first-order chi connectivity index (χ1) is 13.7. The molecule has 1 N–H and O–H groups in total. The summed E-state index contributed by atoms with van der Waals surface area (Å²) in [6, 6.07) is 18.5. The number of rotatable bonds is 4. The molecule has 5 aromatic rings. The molecule has 2 aromatic carbocycles. The fourth-order valence-corrected chi connectivity index (χ4v) is 3.54. The van der Waals surface area contributed by atoms with Gasteiger partial charge in [-0.1, -0.05) is 28.1 Å². The van der Waals surface area contributed by atoms with Crippen LogP contribution < -0.4 is 5.32 Å². The average Bonchev–Trinajstić information content (AvgIpc) is 3.18. The highest BCUT2D eigenvalue weighted by Crippen LogP contribution is 2.26. The highest BCUT2D eigenvalue weighted by Gasteiger charge is 2.06. The van der Waals surface area contributed by atoms with Crippen molar-refractivity contribution in [2.24, 2.45) is 0 Å². The van der Waals surface area contributed by atoms with Gasteiger partial charge in [-0.3, -0.25) is 0 Å². The number of aromatic nitrogens is 5. The Morgan fingerprint density at radius 2 is 1.75 bits per heavy atom.